The van der Waals surface area contributed by atoms with E-state index in [-0.39, 0.29) is 0 Å². The molecule has 19 heavy (non-hydrogen) atoms. The Kier molecular flexibility index (Phi) is 4.65. The lowest BCUT2D eigenvalue weighted by Crippen LogP contribution is -1.91. The van der Waals surface area contributed by atoms with Gasteiger partial charge in [0.05, 0.1) is 0 Å². The van der Waals surface area contributed by atoms with Crippen LogP contribution in [-0.4, -0.2) is 0 Å². The van der Waals surface area contributed by atoms with E-state index in [4.69, 9.17) is 4.74 Å². The second kappa shape index (κ2) is 6.25. The van der Waals surface area contributed by atoms with Crippen molar-refractivity contribution in [1.82, 2.24) is 0 Å². The predicted molar refractivity (Wildman–Crippen MR) is 84.4 cm³/mol. The van der Waals surface area contributed by atoms with Crippen LogP contribution in [0.5, 0.6) is 11.5 Å². The molecule has 0 spiro atoms. The fourth-order valence-corrected chi connectivity index (χ4v) is 2.58. The zero-order valence-corrected chi connectivity index (χ0v) is 13.2. The van der Waals surface area contributed by atoms with Crippen LogP contribution in [0.3, 0.4) is 0 Å². The number of ether oxygens (including phenoxy) is 1. The average molecular weight is 319 g/mol. The number of benzene rings is 2. The smallest absolute Gasteiger partial charge is 0.127 e. The van der Waals surface area contributed by atoms with Crippen molar-refractivity contribution in [1.29, 1.82) is 0 Å². The molecule has 0 unspecified atom stereocenters. The first-order chi connectivity index (χ1) is 9.10. The van der Waals surface area contributed by atoms with Gasteiger partial charge in [-0.25, -0.2) is 0 Å². The molecule has 0 N–H and O–H groups in total. The summed E-state index contributed by atoms with van der Waals surface area (Å²) < 4.78 is 5.93. The third-order valence-corrected chi connectivity index (χ3v) is 3.82. The van der Waals surface area contributed by atoms with E-state index in [0.717, 1.165) is 16.8 Å². The Morgan fingerprint density at radius 1 is 1.05 bits per heavy atom. The first-order valence-corrected chi connectivity index (χ1v) is 7.65. The highest BCUT2D eigenvalue weighted by molar-refractivity contribution is 9.08. The molecule has 0 radical (unpaired) electrons. The molecule has 0 atom stereocenters. The minimum absolute atomic E-state index is 0.515. The van der Waals surface area contributed by atoms with Gasteiger partial charge in [0, 0.05) is 5.33 Å². The molecule has 100 valence electrons. The molecule has 2 aromatic carbocycles. The van der Waals surface area contributed by atoms with E-state index in [2.05, 4.69) is 61.0 Å². The van der Waals surface area contributed by atoms with Crippen LogP contribution in [0.15, 0.2) is 42.5 Å². The molecule has 0 saturated carbocycles. The van der Waals surface area contributed by atoms with Gasteiger partial charge in [-0.15, -0.1) is 0 Å². The second-order valence-corrected chi connectivity index (χ2v) is 5.61. The van der Waals surface area contributed by atoms with Crippen molar-refractivity contribution < 1.29 is 4.74 Å². The van der Waals surface area contributed by atoms with E-state index < -0.39 is 0 Å². The summed E-state index contributed by atoms with van der Waals surface area (Å²) in [5.74, 6) is 2.31. The summed E-state index contributed by atoms with van der Waals surface area (Å²) in [5, 5.41) is 0.877. The molecule has 0 aliphatic carbocycles. The normalized spacial score (nSPS) is 10.8. The Hall–Kier alpha value is -1.28. The topological polar surface area (TPSA) is 9.23 Å². The molecule has 0 aliphatic heterocycles. The van der Waals surface area contributed by atoms with E-state index in [9.17, 15) is 0 Å². The lowest BCUT2D eigenvalue weighted by atomic mass is 10.0. The Balaban J connectivity index is 2.21. The van der Waals surface area contributed by atoms with E-state index in [0.29, 0.717) is 5.92 Å². The maximum atomic E-state index is 5.93. The van der Waals surface area contributed by atoms with E-state index in [1.54, 1.807) is 0 Å². The van der Waals surface area contributed by atoms with E-state index >= 15 is 0 Å². The molecular weight excluding hydrogens is 300 g/mol. The van der Waals surface area contributed by atoms with Crippen molar-refractivity contribution in [3.8, 4) is 11.5 Å². The molecule has 2 rings (SSSR count). The highest BCUT2D eigenvalue weighted by Gasteiger charge is 2.04. The summed E-state index contributed by atoms with van der Waals surface area (Å²) in [5.41, 5.74) is 3.84. The number of aryl methyl sites for hydroxylation is 1. The molecule has 0 bridgehead atoms. The summed E-state index contributed by atoms with van der Waals surface area (Å²) in [6.45, 7) is 6.48. The maximum absolute atomic E-state index is 5.93. The van der Waals surface area contributed by atoms with Gasteiger partial charge in [-0.05, 0) is 53.8 Å². The van der Waals surface area contributed by atoms with Gasteiger partial charge < -0.3 is 4.74 Å². The summed E-state index contributed by atoms with van der Waals surface area (Å²) in [6, 6.07) is 14.5. The van der Waals surface area contributed by atoms with Gasteiger partial charge in [0.25, 0.3) is 0 Å². The van der Waals surface area contributed by atoms with Crippen LogP contribution >= 0.6 is 15.9 Å². The fraction of sp³-hybridized carbons (Fsp3) is 0.294. The van der Waals surface area contributed by atoms with Gasteiger partial charge in [-0.1, -0.05) is 48.0 Å². The van der Waals surface area contributed by atoms with Gasteiger partial charge in [-0.2, -0.15) is 0 Å². The standard InChI is InChI=1S/C17H19BrO/c1-12(2)14-5-4-6-16(10-14)19-17-8-7-15(11-18)13(3)9-17/h4-10,12H,11H2,1-3H3. The zero-order valence-electron chi connectivity index (χ0n) is 11.6. The molecule has 0 fully saturated rings. The van der Waals surface area contributed by atoms with Crippen molar-refractivity contribution in [3.05, 3.63) is 59.2 Å². The molecule has 2 heteroatoms. The average Bonchev–Trinajstić information content (AvgIpc) is 2.39. The van der Waals surface area contributed by atoms with Crippen molar-refractivity contribution in [2.24, 2.45) is 0 Å². The van der Waals surface area contributed by atoms with Crippen LogP contribution in [0.4, 0.5) is 0 Å². The van der Waals surface area contributed by atoms with E-state index in [1.807, 2.05) is 18.2 Å². The zero-order chi connectivity index (χ0) is 13.8. The number of alkyl halides is 1. The molecular formula is C17H19BrO. The molecule has 0 amide bonds. The van der Waals surface area contributed by atoms with Crippen molar-refractivity contribution in [3.63, 3.8) is 0 Å². The Morgan fingerprint density at radius 2 is 1.79 bits per heavy atom. The highest BCUT2D eigenvalue weighted by atomic mass is 79.9. The van der Waals surface area contributed by atoms with Crippen LogP contribution in [-0.2, 0) is 5.33 Å². The second-order valence-electron chi connectivity index (χ2n) is 5.05. The van der Waals surface area contributed by atoms with Gasteiger partial charge in [0.1, 0.15) is 11.5 Å². The molecule has 2 aromatic rings. The third kappa shape index (κ3) is 3.60. The van der Waals surface area contributed by atoms with Crippen LogP contribution in [0.25, 0.3) is 0 Å². The maximum Gasteiger partial charge on any atom is 0.127 e. The quantitative estimate of drug-likeness (QED) is 0.647. The Labute approximate surface area is 123 Å². The third-order valence-electron chi connectivity index (χ3n) is 3.22. The lowest BCUT2D eigenvalue weighted by molar-refractivity contribution is 0.481. The number of rotatable bonds is 4. The number of hydrogen-bond acceptors (Lipinski definition) is 1. The predicted octanol–water partition coefficient (Wildman–Crippen LogP) is 5.81. The van der Waals surface area contributed by atoms with Crippen LogP contribution < -0.4 is 4.74 Å². The van der Waals surface area contributed by atoms with Crippen LogP contribution in [0.1, 0.15) is 36.5 Å². The summed E-state index contributed by atoms with van der Waals surface area (Å²) in [4.78, 5) is 0. The van der Waals surface area contributed by atoms with Gasteiger partial charge in [0.2, 0.25) is 0 Å². The molecule has 0 aromatic heterocycles. The molecule has 0 aliphatic rings. The van der Waals surface area contributed by atoms with Crippen LogP contribution in [0.2, 0.25) is 0 Å². The minimum Gasteiger partial charge on any atom is -0.457 e. The molecule has 1 nitrogen and oxygen atoms in total. The fourth-order valence-electron chi connectivity index (χ4n) is 1.96. The van der Waals surface area contributed by atoms with Gasteiger partial charge >= 0.3 is 0 Å². The number of hydrogen-bond donors (Lipinski definition) is 0. The first-order valence-electron chi connectivity index (χ1n) is 6.53. The monoisotopic (exact) mass is 318 g/mol. The summed E-state index contributed by atoms with van der Waals surface area (Å²) >= 11 is 3.48. The summed E-state index contributed by atoms with van der Waals surface area (Å²) in [6.07, 6.45) is 0. The lowest BCUT2D eigenvalue weighted by Gasteiger charge is -2.11. The summed E-state index contributed by atoms with van der Waals surface area (Å²) in [7, 11) is 0. The molecule has 0 saturated heterocycles. The van der Waals surface area contributed by atoms with Crippen molar-refractivity contribution >= 4 is 15.9 Å². The SMILES string of the molecule is Cc1cc(Oc2cccc(C(C)C)c2)ccc1CBr. The highest BCUT2D eigenvalue weighted by Crippen LogP contribution is 2.27. The van der Waals surface area contributed by atoms with E-state index in [1.165, 1.54) is 16.7 Å². The first kappa shape index (κ1) is 14.1. The van der Waals surface area contributed by atoms with Gasteiger partial charge in [0.15, 0.2) is 0 Å². The Morgan fingerprint density at radius 3 is 2.42 bits per heavy atom. The van der Waals surface area contributed by atoms with Gasteiger partial charge in [-0.3, -0.25) is 0 Å². The minimum atomic E-state index is 0.515. The number of halogens is 1. The molecule has 0 heterocycles. The van der Waals surface area contributed by atoms with Crippen molar-refractivity contribution in [2.45, 2.75) is 32.0 Å². The Bertz CT molecular complexity index is 561. The van der Waals surface area contributed by atoms with Crippen LogP contribution in [0, 0.1) is 6.92 Å². The largest absolute Gasteiger partial charge is 0.457 e. The van der Waals surface area contributed by atoms with Crippen molar-refractivity contribution in [2.75, 3.05) is 0 Å².